The van der Waals surface area contributed by atoms with Crippen molar-refractivity contribution in [2.45, 2.75) is 19.3 Å². The second kappa shape index (κ2) is 5.38. The minimum absolute atomic E-state index is 0.301. The number of aromatic nitrogens is 1. The third kappa shape index (κ3) is 2.59. The van der Waals surface area contributed by atoms with Gasteiger partial charge < -0.3 is 10.0 Å². The Morgan fingerprint density at radius 3 is 3.11 bits per heavy atom. The third-order valence-corrected chi connectivity index (χ3v) is 3.66. The van der Waals surface area contributed by atoms with Gasteiger partial charge in [0.2, 0.25) is 0 Å². The summed E-state index contributed by atoms with van der Waals surface area (Å²) in [7, 11) is 0. The number of hydrogen-bond donors (Lipinski definition) is 1. The van der Waals surface area contributed by atoms with Crippen LogP contribution in [0.1, 0.15) is 19.3 Å². The number of carboxylic acid groups (broad SMARTS) is 1. The quantitative estimate of drug-likeness (QED) is 0.849. The monoisotopic (exact) mass is 264 g/mol. The molecule has 1 atom stereocenters. The molecule has 0 aromatic carbocycles. The summed E-state index contributed by atoms with van der Waals surface area (Å²) < 4.78 is 13.7. The van der Waals surface area contributed by atoms with Crippen LogP contribution in [0.25, 0.3) is 0 Å². The van der Waals surface area contributed by atoms with Crippen LogP contribution < -0.4 is 4.90 Å². The van der Waals surface area contributed by atoms with Crippen molar-refractivity contribution in [2.75, 3.05) is 18.0 Å². The van der Waals surface area contributed by atoms with Crippen molar-refractivity contribution in [3.63, 3.8) is 0 Å². The van der Waals surface area contributed by atoms with E-state index >= 15 is 0 Å². The lowest BCUT2D eigenvalue weighted by Crippen LogP contribution is -2.48. The highest BCUT2D eigenvalue weighted by atomic mass is 19.1. The number of anilines is 1. The van der Waals surface area contributed by atoms with E-state index in [0.717, 1.165) is 12.6 Å². The number of nitrogens with zero attached hydrogens (tertiary/aromatic N) is 2. The summed E-state index contributed by atoms with van der Waals surface area (Å²) in [6.07, 6.45) is 6.01. The molecule has 2 rings (SSSR count). The maximum Gasteiger partial charge on any atom is 0.311 e. The van der Waals surface area contributed by atoms with E-state index < -0.39 is 17.2 Å². The lowest BCUT2D eigenvalue weighted by atomic mass is 9.77. The van der Waals surface area contributed by atoms with Crippen molar-refractivity contribution in [2.24, 2.45) is 5.41 Å². The van der Waals surface area contributed by atoms with Gasteiger partial charge in [0, 0.05) is 19.3 Å². The van der Waals surface area contributed by atoms with Gasteiger partial charge >= 0.3 is 5.97 Å². The van der Waals surface area contributed by atoms with Gasteiger partial charge in [-0.1, -0.05) is 6.08 Å². The number of pyridine rings is 1. The molecule has 2 heterocycles. The van der Waals surface area contributed by atoms with Crippen molar-refractivity contribution < 1.29 is 14.3 Å². The number of halogens is 1. The van der Waals surface area contributed by atoms with Crippen molar-refractivity contribution in [3.8, 4) is 0 Å². The predicted octanol–water partition coefficient (Wildman–Crippen LogP) is 2.47. The first-order valence-corrected chi connectivity index (χ1v) is 6.28. The summed E-state index contributed by atoms with van der Waals surface area (Å²) in [5.74, 6) is -1.26. The van der Waals surface area contributed by atoms with Crippen LogP contribution >= 0.6 is 0 Å². The first kappa shape index (κ1) is 13.5. The SMILES string of the molecule is C=CCC1(C(=O)O)CCCN(c2ccncc2F)C1. The molecule has 0 radical (unpaired) electrons. The molecule has 1 N–H and O–H groups in total. The van der Waals surface area contributed by atoms with Crippen molar-refractivity contribution >= 4 is 11.7 Å². The zero-order valence-corrected chi connectivity index (χ0v) is 10.7. The topological polar surface area (TPSA) is 53.4 Å². The van der Waals surface area contributed by atoms with E-state index in [1.54, 1.807) is 17.0 Å². The fraction of sp³-hybridized carbons (Fsp3) is 0.429. The average molecular weight is 264 g/mol. The molecule has 0 aliphatic carbocycles. The second-order valence-electron chi connectivity index (χ2n) is 4.93. The van der Waals surface area contributed by atoms with Gasteiger partial charge in [-0.05, 0) is 25.3 Å². The number of carbonyl (C=O) groups is 1. The molecule has 0 amide bonds. The van der Waals surface area contributed by atoms with Crippen LogP contribution in [-0.2, 0) is 4.79 Å². The van der Waals surface area contributed by atoms with E-state index in [-0.39, 0.29) is 0 Å². The smallest absolute Gasteiger partial charge is 0.311 e. The molecule has 1 aromatic heterocycles. The van der Waals surface area contributed by atoms with Crippen LogP contribution in [0.5, 0.6) is 0 Å². The van der Waals surface area contributed by atoms with E-state index in [2.05, 4.69) is 11.6 Å². The van der Waals surface area contributed by atoms with E-state index in [4.69, 9.17) is 0 Å². The zero-order valence-electron chi connectivity index (χ0n) is 10.7. The second-order valence-corrected chi connectivity index (χ2v) is 4.93. The fourth-order valence-electron chi connectivity index (χ4n) is 2.67. The Hall–Kier alpha value is -1.91. The number of hydrogen-bond acceptors (Lipinski definition) is 3. The van der Waals surface area contributed by atoms with Crippen LogP contribution in [0.15, 0.2) is 31.1 Å². The first-order chi connectivity index (χ1) is 9.09. The third-order valence-electron chi connectivity index (χ3n) is 3.66. The minimum Gasteiger partial charge on any atom is -0.481 e. The molecule has 0 bridgehead atoms. The Bertz CT molecular complexity index is 492. The van der Waals surface area contributed by atoms with Gasteiger partial charge in [0.05, 0.1) is 17.3 Å². The number of allylic oxidation sites excluding steroid dienone is 1. The van der Waals surface area contributed by atoms with Crippen LogP contribution in [0.3, 0.4) is 0 Å². The number of aliphatic carboxylic acids is 1. The van der Waals surface area contributed by atoms with E-state index in [1.165, 1.54) is 6.20 Å². The zero-order chi connectivity index (χ0) is 13.9. The molecule has 0 saturated carbocycles. The Morgan fingerprint density at radius 1 is 1.68 bits per heavy atom. The highest BCUT2D eigenvalue weighted by molar-refractivity contribution is 5.76. The van der Waals surface area contributed by atoms with Crippen molar-refractivity contribution in [1.82, 2.24) is 4.98 Å². The maximum atomic E-state index is 13.7. The molecular formula is C14H17FN2O2. The Labute approximate surface area is 111 Å². The van der Waals surface area contributed by atoms with Gasteiger partial charge in [-0.2, -0.15) is 0 Å². The number of rotatable bonds is 4. The molecule has 5 heteroatoms. The molecular weight excluding hydrogens is 247 g/mol. The van der Waals surface area contributed by atoms with Crippen molar-refractivity contribution in [3.05, 3.63) is 36.9 Å². The fourth-order valence-corrected chi connectivity index (χ4v) is 2.67. The van der Waals surface area contributed by atoms with Crippen LogP contribution in [0.4, 0.5) is 10.1 Å². The molecule has 1 saturated heterocycles. The first-order valence-electron chi connectivity index (χ1n) is 6.28. The van der Waals surface area contributed by atoms with Gasteiger partial charge in [0.15, 0.2) is 5.82 Å². The van der Waals surface area contributed by atoms with E-state index in [0.29, 0.717) is 31.6 Å². The summed E-state index contributed by atoms with van der Waals surface area (Å²) in [5, 5.41) is 9.47. The van der Waals surface area contributed by atoms with E-state index in [9.17, 15) is 14.3 Å². The normalized spacial score (nSPS) is 23.1. The van der Waals surface area contributed by atoms with Gasteiger partial charge in [-0.15, -0.1) is 6.58 Å². The highest BCUT2D eigenvalue weighted by Crippen LogP contribution is 2.36. The average Bonchev–Trinajstić information content (AvgIpc) is 2.39. The molecule has 1 unspecified atom stereocenters. The van der Waals surface area contributed by atoms with Crippen LogP contribution in [0, 0.1) is 11.2 Å². The van der Waals surface area contributed by atoms with Gasteiger partial charge in [0.1, 0.15) is 0 Å². The Balaban J connectivity index is 2.28. The molecule has 1 aliphatic rings. The molecule has 1 aromatic rings. The summed E-state index contributed by atoms with van der Waals surface area (Å²) in [6.45, 7) is 4.59. The number of piperidine rings is 1. The standard InChI is InChI=1S/C14H17FN2O2/c1-2-5-14(13(18)19)6-3-8-17(10-14)12-4-7-16-9-11(12)15/h2,4,7,9H,1,3,5-6,8,10H2,(H,18,19). The molecule has 1 aliphatic heterocycles. The Kier molecular flexibility index (Phi) is 3.83. The minimum atomic E-state index is -0.865. The predicted molar refractivity (Wildman–Crippen MR) is 70.5 cm³/mol. The molecule has 0 spiro atoms. The summed E-state index contributed by atoms with van der Waals surface area (Å²) in [5.41, 5.74) is -0.445. The van der Waals surface area contributed by atoms with Crippen LogP contribution in [0.2, 0.25) is 0 Å². The van der Waals surface area contributed by atoms with Crippen molar-refractivity contribution in [1.29, 1.82) is 0 Å². The van der Waals surface area contributed by atoms with Gasteiger partial charge in [-0.25, -0.2) is 4.39 Å². The molecule has 1 fully saturated rings. The summed E-state index contributed by atoms with van der Waals surface area (Å²) >= 11 is 0. The maximum absolute atomic E-state index is 13.7. The lowest BCUT2D eigenvalue weighted by Gasteiger charge is -2.40. The lowest BCUT2D eigenvalue weighted by molar-refractivity contribution is -0.149. The number of carboxylic acids is 1. The molecule has 4 nitrogen and oxygen atoms in total. The summed E-state index contributed by atoms with van der Waals surface area (Å²) in [4.78, 5) is 17.1. The Morgan fingerprint density at radius 2 is 2.47 bits per heavy atom. The molecule has 102 valence electrons. The highest BCUT2D eigenvalue weighted by Gasteiger charge is 2.41. The summed E-state index contributed by atoms with van der Waals surface area (Å²) in [6, 6.07) is 1.58. The van der Waals surface area contributed by atoms with Gasteiger partial charge in [0.25, 0.3) is 0 Å². The largest absolute Gasteiger partial charge is 0.481 e. The molecule has 19 heavy (non-hydrogen) atoms. The van der Waals surface area contributed by atoms with E-state index in [1.807, 2.05) is 0 Å². The van der Waals surface area contributed by atoms with Crippen LogP contribution in [-0.4, -0.2) is 29.1 Å². The van der Waals surface area contributed by atoms with Gasteiger partial charge in [-0.3, -0.25) is 9.78 Å².